The number of nitrogens with two attached hydrogens (primary N) is 1. The molecule has 3 aromatic heterocycles. The Labute approximate surface area is 339 Å². The van der Waals surface area contributed by atoms with E-state index in [1.807, 2.05) is 30.5 Å². The number of benzene rings is 1. The van der Waals surface area contributed by atoms with E-state index in [4.69, 9.17) is 15.9 Å². The molecule has 0 aliphatic carbocycles. The maximum Gasteiger partial charge on any atom is 0.277 e. The van der Waals surface area contributed by atoms with Crippen LogP contribution < -0.4 is 15.6 Å². The van der Waals surface area contributed by atoms with Crippen LogP contribution in [0.2, 0.25) is 0 Å². The number of carbonyl (C=O) groups excluding carboxylic acids is 2. The van der Waals surface area contributed by atoms with Crippen LogP contribution in [0.25, 0.3) is 22.2 Å². The van der Waals surface area contributed by atoms with E-state index >= 15 is 0 Å². The number of hydrogen-bond donors (Lipinski definition) is 13. The third-order valence-corrected chi connectivity index (χ3v) is 11.1. The monoisotopic (exact) mass is 832 g/mol. The fourth-order valence-electron chi connectivity index (χ4n) is 7.68. The van der Waals surface area contributed by atoms with E-state index < -0.39 is 68.0 Å². The highest BCUT2D eigenvalue weighted by Crippen LogP contribution is 2.24. The minimum Gasteiger partial charge on any atom is -0.394 e. The number of rotatable bonds is 20. The maximum atomic E-state index is 13.9. The second-order valence-electron chi connectivity index (χ2n) is 15.0. The van der Waals surface area contributed by atoms with Crippen molar-refractivity contribution in [3.05, 3.63) is 47.5 Å². The van der Waals surface area contributed by atoms with E-state index in [1.54, 1.807) is 23.2 Å². The average Bonchev–Trinajstić information content (AvgIpc) is 3.83. The predicted octanol–water partition coefficient (Wildman–Crippen LogP) is -4.22. The molecule has 21 heteroatoms. The Morgan fingerprint density at radius 2 is 1.49 bits per heavy atom. The van der Waals surface area contributed by atoms with Gasteiger partial charge in [0.2, 0.25) is 0 Å². The van der Waals surface area contributed by atoms with Gasteiger partial charge in [0.05, 0.1) is 38.5 Å². The van der Waals surface area contributed by atoms with Gasteiger partial charge in [-0.15, -0.1) is 0 Å². The molecule has 326 valence electrons. The molecule has 8 unspecified atom stereocenters. The number of nitrogen functional groups attached to an aromatic ring is 1. The highest BCUT2D eigenvalue weighted by molar-refractivity contribution is 5.98. The standard InChI is InChI=1S/C38H57N9O12/c1-3-46-23-6-5-21(13-24(23)47(4-2)29(46)14-41-37(58)30-35(39)43-36-22(42-30)7-10-40-36)38(59)45-11-8-20(9-12-45)15-44(16-25(50)31(54)33(56)27(52)18-48)17-26(51)32(55)34(57)28(53)19-49/h5-7,10,13,20,25-28,31-34,48-57H,3-4,8-9,11-12,14-19H2,1-2H3,(H3-,39,40,41,42,43,58)/p+1. The quantitative estimate of drug-likeness (QED) is 0.0375. The summed E-state index contributed by atoms with van der Waals surface area (Å²) in [4.78, 5) is 41.8. The molecule has 1 aromatic carbocycles. The van der Waals surface area contributed by atoms with Crippen LogP contribution in [0.5, 0.6) is 0 Å². The van der Waals surface area contributed by atoms with Crippen molar-refractivity contribution in [1.29, 1.82) is 0 Å². The van der Waals surface area contributed by atoms with Crippen molar-refractivity contribution < 1.29 is 65.2 Å². The second kappa shape index (κ2) is 20.2. The zero-order valence-electron chi connectivity index (χ0n) is 33.1. The van der Waals surface area contributed by atoms with Crippen molar-refractivity contribution in [3.63, 3.8) is 0 Å². The summed E-state index contributed by atoms with van der Waals surface area (Å²) in [6.07, 6.45) is -11.8. The number of aromatic amines is 1. The van der Waals surface area contributed by atoms with Crippen molar-refractivity contribution in [2.75, 3.05) is 51.7 Å². The Morgan fingerprint density at radius 3 is 2.05 bits per heavy atom. The lowest BCUT2D eigenvalue weighted by atomic mass is 9.94. The van der Waals surface area contributed by atoms with Crippen LogP contribution in [0.1, 0.15) is 53.4 Å². The maximum absolute atomic E-state index is 13.9. The van der Waals surface area contributed by atoms with Gasteiger partial charge in [-0.3, -0.25) is 14.5 Å². The summed E-state index contributed by atoms with van der Waals surface area (Å²) >= 11 is 0. The summed E-state index contributed by atoms with van der Waals surface area (Å²) in [6, 6.07) is 7.17. The molecule has 8 atom stereocenters. The van der Waals surface area contributed by atoms with Gasteiger partial charge in [-0.05, 0) is 50.8 Å². The molecule has 0 saturated carbocycles. The van der Waals surface area contributed by atoms with Crippen LogP contribution in [0.4, 0.5) is 5.82 Å². The minimum absolute atomic E-state index is 0.00113. The first-order valence-electron chi connectivity index (χ1n) is 19.7. The number of nitrogens with one attached hydrogen (secondary N) is 2. The lowest BCUT2D eigenvalue weighted by molar-refractivity contribution is -0.676. The van der Waals surface area contributed by atoms with Crippen molar-refractivity contribution in [2.45, 2.75) is 95.2 Å². The Kier molecular flexibility index (Phi) is 15.7. The van der Waals surface area contributed by atoms with Crippen molar-refractivity contribution in [2.24, 2.45) is 5.92 Å². The molecule has 5 rings (SSSR count). The molecule has 0 bridgehead atoms. The zero-order valence-corrected chi connectivity index (χ0v) is 33.1. The second-order valence-corrected chi connectivity index (χ2v) is 15.0. The molecule has 21 nitrogen and oxygen atoms in total. The van der Waals surface area contributed by atoms with Crippen LogP contribution in [-0.4, -0.2) is 187 Å². The van der Waals surface area contributed by atoms with E-state index in [1.165, 1.54) is 4.90 Å². The van der Waals surface area contributed by atoms with Crippen molar-refractivity contribution in [1.82, 2.24) is 34.6 Å². The molecule has 1 aliphatic heterocycles. The molecule has 2 amide bonds. The van der Waals surface area contributed by atoms with E-state index in [9.17, 15) is 50.4 Å². The fraction of sp³-hybridized carbons (Fsp3) is 0.605. The lowest BCUT2D eigenvalue weighted by Crippen LogP contribution is -2.54. The molecule has 4 aromatic rings. The first-order chi connectivity index (χ1) is 28.1. The van der Waals surface area contributed by atoms with Crippen molar-refractivity contribution >= 4 is 39.8 Å². The molecule has 59 heavy (non-hydrogen) atoms. The summed E-state index contributed by atoms with van der Waals surface area (Å²) in [5, 5.41) is 103. The third-order valence-electron chi connectivity index (χ3n) is 11.1. The van der Waals surface area contributed by atoms with Gasteiger partial charge in [-0.25, -0.2) is 19.1 Å². The summed E-state index contributed by atoms with van der Waals surface area (Å²) in [7, 11) is 0. The molecule has 1 saturated heterocycles. The minimum atomic E-state index is -1.89. The van der Waals surface area contributed by atoms with Gasteiger partial charge in [-0.1, -0.05) is 0 Å². The smallest absolute Gasteiger partial charge is 0.277 e. The Morgan fingerprint density at radius 1 is 0.898 bits per heavy atom. The molecule has 14 N–H and O–H groups in total. The van der Waals surface area contributed by atoms with E-state index in [0.29, 0.717) is 55.7 Å². The van der Waals surface area contributed by atoms with E-state index in [-0.39, 0.29) is 49.5 Å². The van der Waals surface area contributed by atoms with Gasteiger partial charge >= 0.3 is 0 Å². The summed E-state index contributed by atoms with van der Waals surface area (Å²) in [5.74, 6) is 0.0193. The summed E-state index contributed by atoms with van der Waals surface area (Å²) < 4.78 is 4.09. The van der Waals surface area contributed by atoms with Gasteiger partial charge < -0.3 is 72.0 Å². The number of aliphatic hydroxyl groups excluding tert-OH is 10. The van der Waals surface area contributed by atoms with Gasteiger partial charge in [0, 0.05) is 50.6 Å². The SMILES string of the molecule is CCn1c(CNC(=O)c2nc3cc[nH]c3nc2N)[n+](CC)c2ccc(C(=O)N3CCC(CN(CC(O)C(O)C(O)C(O)CO)CC(O)C(O)C(O)C(O)CO)CC3)cc21. The summed E-state index contributed by atoms with van der Waals surface area (Å²) in [6.45, 7) is 3.65. The van der Waals surface area contributed by atoms with Gasteiger partial charge in [0.1, 0.15) is 48.7 Å². The fourth-order valence-corrected chi connectivity index (χ4v) is 7.68. The number of H-pyrrole nitrogens is 1. The van der Waals surface area contributed by atoms with Crippen LogP contribution in [-0.2, 0) is 19.6 Å². The number of aryl methyl sites for hydroxylation is 2. The molecule has 0 radical (unpaired) electrons. The zero-order chi connectivity index (χ0) is 43.1. The molecule has 0 spiro atoms. The largest absolute Gasteiger partial charge is 0.394 e. The topological polar surface area (TPSA) is 331 Å². The van der Waals surface area contributed by atoms with Crippen LogP contribution in [0.15, 0.2) is 30.5 Å². The number of carbonyl (C=O) groups is 2. The number of likely N-dealkylation sites (tertiary alicyclic amines) is 1. The molecular weight excluding hydrogens is 774 g/mol. The Hall–Kier alpha value is -4.39. The number of piperidine rings is 1. The molecule has 1 fully saturated rings. The Bertz CT molecular complexity index is 1990. The van der Waals surface area contributed by atoms with Crippen LogP contribution in [0, 0.1) is 5.92 Å². The lowest BCUT2D eigenvalue weighted by Gasteiger charge is -2.38. The number of nitrogens with zero attached hydrogens (tertiary/aromatic N) is 6. The normalized spacial score (nSPS) is 18.2. The molecular formula is C38H58N9O12+. The van der Waals surface area contributed by atoms with Crippen LogP contribution >= 0.6 is 0 Å². The average molecular weight is 833 g/mol. The number of amides is 2. The summed E-state index contributed by atoms with van der Waals surface area (Å²) in [5.41, 5.74) is 9.18. The number of imidazole rings is 1. The first-order valence-corrected chi connectivity index (χ1v) is 19.7. The van der Waals surface area contributed by atoms with Gasteiger partial charge in [0.25, 0.3) is 17.6 Å². The number of anilines is 1. The van der Waals surface area contributed by atoms with E-state index in [2.05, 4.69) is 24.8 Å². The van der Waals surface area contributed by atoms with Gasteiger partial charge in [0.15, 0.2) is 28.2 Å². The molecule has 4 heterocycles. The number of fused-ring (bicyclic) bond motifs is 2. The van der Waals surface area contributed by atoms with Gasteiger partial charge in [-0.2, -0.15) is 0 Å². The Balaban J connectivity index is 1.26. The number of aromatic nitrogens is 5. The number of hydrogen-bond acceptors (Lipinski definition) is 16. The number of aliphatic hydroxyl groups is 10. The predicted molar refractivity (Wildman–Crippen MR) is 210 cm³/mol. The third kappa shape index (κ3) is 10.3. The van der Waals surface area contributed by atoms with E-state index in [0.717, 1.165) is 16.9 Å². The highest BCUT2D eigenvalue weighted by atomic mass is 16.4. The molecule has 1 aliphatic rings. The first kappa shape index (κ1) is 45.7. The van der Waals surface area contributed by atoms with Crippen molar-refractivity contribution in [3.8, 4) is 0 Å². The highest BCUT2D eigenvalue weighted by Gasteiger charge is 2.36. The van der Waals surface area contributed by atoms with Crippen LogP contribution in [0.3, 0.4) is 0 Å².